The van der Waals surface area contributed by atoms with Gasteiger partial charge >= 0.3 is 0 Å². The van der Waals surface area contributed by atoms with Crippen molar-refractivity contribution in [2.45, 2.75) is 19.4 Å². The van der Waals surface area contributed by atoms with Crippen LogP contribution in [0.2, 0.25) is 0 Å². The quantitative estimate of drug-likeness (QED) is 0.631. The van der Waals surface area contributed by atoms with Gasteiger partial charge in [-0.25, -0.2) is 0 Å². The highest BCUT2D eigenvalue weighted by molar-refractivity contribution is 5.49. The van der Waals surface area contributed by atoms with Gasteiger partial charge in [-0.15, -0.1) is 0 Å². The summed E-state index contributed by atoms with van der Waals surface area (Å²) >= 11 is 0. The Morgan fingerprint density at radius 1 is 1.67 bits per heavy atom. The number of aryl methyl sites for hydroxylation is 1. The van der Waals surface area contributed by atoms with Crippen molar-refractivity contribution in [1.82, 2.24) is 9.78 Å². The monoisotopic (exact) mass is 167 g/mol. The third-order valence-electron chi connectivity index (χ3n) is 2.27. The van der Waals surface area contributed by atoms with Crippen LogP contribution in [0.4, 0.5) is 5.82 Å². The molecule has 2 rings (SSSR count). The topological polar surface area (TPSA) is 50.1 Å². The molecule has 66 valence electrons. The largest absolute Gasteiger partial charge is 0.390 e. The molecule has 0 aromatic carbocycles. The molecule has 1 aliphatic rings. The van der Waals surface area contributed by atoms with Crippen molar-refractivity contribution in [1.29, 1.82) is 0 Å². The second kappa shape index (κ2) is 2.79. The fourth-order valence-corrected chi connectivity index (χ4v) is 1.71. The van der Waals surface area contributed by atoms with Gasteiger partial charge in [0.25, 0.3) is 0 Å². The minimum Gasteiger partial charge on any atom is -0.390 e. The Morgan fingerprint density at radius 2 is 2.50 bits per heavy atom. The Hall–Kier alpha value is -1.03. The van der Waals surface area contributed by atoms with Crippen LogP contribution in [0.15, 0.2) is 0 Å². The average Bonchev–Trinajstić information content (AvgIpc) is 2.44. The van der Waals surface area contributed by atoms with Crippen LogP contribution in [-0.4, -0.2) is 21.4 Å². The van der Waals surface area contributed by atoms with E-state index >= 15 is 0 Å². The van der Waals surface area contributed by atoms with Crippen LogP contribution < -0.4 is 5.32 Å². The van der Waals surface area contributed by atoms with Crippen LogP contribution in [0.5, 0.6) is 0 Å². The molecule has 4 nitrogen and oxygen atoms in total. The predicted molar refractivity (Wildman–Crippen MR) is 45.9 cm³/mol. The lowest BCUT2D eigenvalue weighted by molar-refractivity contribution is 0.274. The number of aromatic nitrogens is 2. The fourth-order valence-electron chi connectivity index (χ4n) is 1.71. The molecule has 4 heteroatoms. The molecule has 0 spiro atoms. The number of rotatable bonds is 1. The molecule has 0 fully saturated rings. The molecule has 0 saturated heterocycles. The zero-order valence-corrected chi connectivity index (χ0v) is 7.17. The third-order valence-corrected chi connectivity index (χ3v) is 2.27. The van der Waals surface area contributed by atoms with E-state index in [1.54, 1.807) is 4.68 Å². The number of hydrogen-bond donors (Lipinski definition) is 2. The van der Waals surface area contributed by atoms with Gasteiger partial charge < -0.3 is 10.4 Å². The van der Waals surface area contributed by atoms with Gasteiger partial charge in [0.05, 0.1) is 12.3 Å². The number of anilines is 1. The maximum Gasteiger partial charge on any atom is 0.127 e. The van der Waals surface area contributed by atoms with Crippen molar-refractivity contribution in [3.63, 3.8) is 0 Å². The molecular formula is C8H13N3O. The second-order valence-corrected chi connectivity index (χ2v) is 3.09. The van der Waals surface area contributed by atoms with Gasteiger partial charge in [-0.1, -0.05) is 0 Å². The normalized spacial score (nSPS) is 15.5. The lowest BCUT2D eigenvalue weighted by atomic mass is 10.1. The maximum absolute atomic E-state index is 9.00. The molecule has 1 aliphatic heterocycles. The van der Waals surface area contributed by atoms with Crippen molar-refractivity contribution >= 4 is 5.82 Å². The molecular weight excluding hydrogens is 154 g/mol. The van der Waals surface area contributed by atoms with Crippen LogP contribution in [-0.2, 0) is 20.1 Å². The van der Waals surface area contributed by atoms with Crippen LogP contribution in [0, 0.1) is 0 Å². The van der Waals surface area contributed by atoms with Crippen molar-refractivity contribution in [3.8, 4) is 0 Å². The Bertz CT molecular complexity index is 293. The Morgan fingerprint density at radius 3 is 3.25 bits per heavy atom. The van der Waals surface area contributed by atoms with Crippen LogP contribution in [0.1, 0.15) is 17.7 Å². The molecule has 12 heavy (non-hydrogen) atoms. The Kier molecular flexibility index (Phi) is 1.77. The minimum atomic E-state index is 0.0465. The first-order valence-corrected chi connectivity index (χ1v) is 4.22. The summed E-state index contributed by atoms with van der Waals surface area (Å²) in [6, 6.07) is 0. The SMILES string of the molecule is Cn1nc(CO)c2c1NCCC2. The van der Waals surface area contributed by atoms with Gasteiger partial charge in [0, 0.05) is 19.2 Å². The van der Waals surface area contributed by atoms with Gasteiger partial charge in [0.1, 0.15) is 5.82 Å². The fraction of sp³-hybridized carbons (Fsp3) is 0.625. The number of aliphatic hydroxyl groups is 1. The zero-order valence-electron chi connectivity index (χ0n) is 7.17. The van der Waals surface area contributed by atoms with Gasteiger partial charge in [-0.3, -0.25) is 4.68 Å². The zero-order chi connectivity index (χ0) is 8.55. The van der Waals surface area contributed by atoms with E-state index in [0.717, 1.165) is 30.9 Å². The van der Waals surface area contributed by atoms with E-state index in [1.165, 1.54) is 5.56 Å². The molecule has 0 unspecified atom stereocenters. The van der Waals surface area contributed by atoms with Crippen molar-refractivity contribution in [2.24, 2.45) is 7.05 Å². The summed E-state index contributed by atoms with van der Waals surface area (Å²) in [4.78, 5) is 0. The van der Waals surface area contributed by atoms with E-state index in [-0.39, 0.29) is 6.61 Å². The molecule has 1 aromatic rings. The summed E-state index contributed by atoms with van der Waals surface area (Å²) in [7, 11) is 1.90. The molecule has 0 atom stereocenters. The van der Waals surface area contributed by atoms with Crippen LogP contribution >= 0.6 is 0 Å². The van der Waals surface area contributed by atoms with Gasteiger partial charge in [0.2, 0.25) is 0 Å². The molecule has 1 aromatic heterocycles. The highest BCUT2D eigenvalue weighted by Gasteiger charge is 2.17. The van der Waals surface area contributed by atoms with Crippen LogP contribution in [0.3, 0.4) is 0 Å². The maximum atomic E-state index is 9.00. The standard InChI is InChI=1S/C8H13N3O/c1-11-8-6(3-2-4-9-8)7(5-12)10-11/h9,12H,2-5H2,1H3. The smallest absolute Gasteiger partial charge is 0.127 e. The van der Waals surface area contributed by atoms with E-state index in [9.17, 15) is 0 Å². The van der Waals surface area contributed by atoms with Gasteiger partial charge in [0.15, 0.2) is 0 Å². The first kappa shape index (κ1) is 7.61. The molecule has 0 aliphatic carbocycles. The summed E-state index contributed by atoms with van der Waals surface area (Å²) in [5.74, 6) is 1.07. The molecule has 0 saturated carbocycles. The summed E-state index contributed by atoms with van der Waals surface area (Å²) < 4.78 is 1.81. The molecule has 0 radical (unpaired) electrons. The molecule has 2 N–H and O–H groups in total. The molecule has 2 heterocycles. The highest BCUT2D eigenvalue weighted by Crippen LogP contribution is 2.24. The third kappa shape index (κ3) is 0.992. The number of fused-ring (bicyclic) bond motifs is 1. The lowest BCUT2D eigenvalue weighted by Crippen LogP contribution is -2.13. The second-order valence-electron chi connectivity index (χ2n) is 3.09. The van der Waals surface area contributed by atoms with E-state index in [0.29, 0.717) is 0 Å². The number of nitrogens with zero attached hydrogens (tertiary/aromatic N) is 2. The predicted octanol–water partition coefficient (Wildman–Crippen LogP) is 0.271. The van der Waals surface area contributed by atoms with Crippen molar-refractivity contribution in [2.75, 3.05) is 11.9 Å². The van der Waals surface area contributed by atoms with Gasteiger partial charge in [-0.05, 0) is 12.8 Å². The first-order chi connectivity index (χ1) is 5.83. The summed E-state index contributed by atoms with van der Waals surface area (Å²) in [5.41, 5.74) is 2.01. The number of nitrogens with one attached hydrogen (secondary N) is 1. The van der Waals surface area contributed by atoms with Gasteiger partial charge in [-0.2, -0.15) is 5.10 Å². The summed E-state index contributed by atoms with van der Waals surface area (Å²) in [5, 5.41) is 16.5. The number of hydrogen-bond acceptors (Lipinski definition) is 3. The van der Waals surface area contributed by atoms with Crippen LogP contribution in [0.25, 0.3) is 0 Å². The molecule has 0 bridgehead atoms. The van der Waals surface area contributed by atoms with E-state index in [1.807, 2.05) is 7.05 Å². The summed E-state index contributed by atoms with van der Waals surface area (Å²) in [6.07, 6.45) is 2.16. The van der Waals surface area contributed by atoms with E-state index < -0.39 is 0 Å². The van der Waals surface area contributed by atoms with E-state index in [4.69, 9.17) is 5.11 Å². The minimum absolute atomic E-state index is 0.0465. The highest BCUT2D eigenvalue weighted by atomic mass is 16.3. The Labute approximate surface area is 71.2 Å². The lowest BCUT2D eigenvalue weighted by Gasteiger charge is -2.14. The first-order valence-electron chi connectivity index (χ1n) is 4.22. The average molecular weight is 167 g/mol. The van der Waals surface area contributed by atoms with Crippen molar-refractivity contribution in [3.05, 3.63) is 11.3 Å². The van der Waals surface area contributed by atoms with Crippen molar-refractivity contribution < 1.29 is 5.11 Å². The van der Waals surface area contributed by atoms with E-state index in [2.05, 4.69) is 10.4 Å². The molecule has 0 amide bonds. The Balaban J connectivity index is 2.47. The summed E-state index contributed by atoms with van der Waals surface area (Å²) in [6.45, 7) is 1.06. The number of aliphatic hydroxyl groups excluding tert-OH is 1.